The molecule has 1 aromatic heterocycles. The number of hydrogen-bond donors (Lipinski definition) is 1. The highest BCUT2D eigenvalue weighted by atomic mass is 32.1. The summed E-state index contributed by atoms with van der Waals surface area (Å²) in [4.78, 5) is 19.1. The van der Waals surface area contributed by atoms with Crippen LogP contribution in [0.2, 0.25) is 0 Å². The summed E-state index contributed by atoms with van der Waals surface area (Å²) in [6, 6.07) is 0.751. The van der Waals surface area contributed by atoms with Gasteiger partial charge >= 0.3 is 0 Å². The Morgan fingerprint density at radius 2 is 2.11 bits per heavy atom. The number of carbonyl (C=O) groups is 1. The van der Waals surface area contributed by atoms with Gasteiger partial charge in [-0.25, -0.2) is 4.98 Å². The molecule has 0 spiro atoms. The van der Waals surface area contributed by atoms with Crippen LogP contribution in [-0.2, 0) is 0 Å². The highest BCUT2D eigenvalue weighted by Gasteiger charge is 2.40. The number of fused-ring (bicyclic) bond motifs is 2. The van der Waals surface area contributed by atoms with Crippen molar-refractivity contribution in [3.63, 3.8) is 0 Å². The summed E-state index contributed by atoms with van der Waals surface area (Å²) in [7, 11) is 0. The van der Waals surface area contributed by atoms with Crippen molar-refractivity contribution in [1.82, 2.24) is 15.2 Å². The molecule has 1 amide bonds. The molecule has 2 unspecified atom stereocenters. The lowest BCUT2D eigenvalue weighted by Crippen LogP contribution is -2.54. The number of carbonyl (C=O) groups excluding carboxylic acids is 1. The van der Waals surface area contributed by atoms with Gasteiger partial charge < -0.3 is 10.2 Å². The van der Waals surface area contributed by atoms with Crippen molar-refractivity contribution < 1.29 is 4.79 Å². The molecule has 0 saturated carbocycles. The highest BCUT2D eigenvalue weighted by Crippen LogP contribution is 2.29. The first-order valence-corrected chi connectivity index (χ1v) is 7.53. The Labute approximate surface area is 111 Å². The van der Waals surface area contributed by atoms with Gasteiger partial charge in [-0.05, 0) is 12.8 Å². The van der Waals surface area contributed by atoms with E-state index >= 15 is 0 Å². The van der Waals surface area contributed by atoms with Crippen LogP contribution in [0.5, 0.6) is 0 Å². The van der Waals surface area contributed by atoms with E-state index in [-0.39, 0.29) is 5.91 Å². The third kappa shape index (κ3) is 1.95. The number of nitrogens with one attached hydrogen (secondary N) is 1. The van der Waals surface area contributed by atoms with Crippen molar-refractivity contribution in [3.05, 3.63) is 16.1 Å². The number of nitrogens with zero attached hydrogens (tertiary/aromatic N) is 2. The summed E-state index contributed by atoms with van der Waals surface area (Å²) in [5, 5.41) is 6.37. The fraction of sp³-hybridized carbons (Fsp3) is 0.692. The quantitative estimate of drug-likeness (QED) is 0.887. The standard InChI is InChI=1S/C13H19N3OS/c1-8(2)12-15-11(7-18-12)13(17)16-9-3-4-10(16)6-14-5-9/h7-10,14H,3-6H2,1-2H3. The Balaban J connectivity index is 1.81. The van der Waals surface area contributed by atoms with Gasteiger partial charge in [-0.3, -0.25) is 4.79 Å². The second-order valence-corrected chi connectivity index (χ2v) is 6.37. The van der Waals surface area contributed by atoms with Gasteiger partial charge in [-0.1, -0.05) is 13.8 Å². The van der Waals surface area contributed by atoms with Crippen LogP contribution < -0.4 is 5.32 Å². The second-order valence-electron chi connectivity index (χ2n) is 5.48. The van der Waals surface area contributed by atoms with E-state index in [2.05, 4.69) is 29.0 Å². The molecule has 0 radical (unpaired) electrons. The molecule has 3 heterocycles. The molecule has 98 valence electrons. The summed E-state index contributed by atoms with van der Waals surface area (Å²) in [6.07, 6.45) is 2.26. The van der Waals surface area contributed by atoms with E-state index in [0.717, 1.165) is 30.9 Å². The minimum absolute atomic E-state index is 0.132. The van der Waals surface area contributed by atoms with E-state index in [1.807, 2.05) is 5.38 Å². The zero-order chi connectivity index (χ0) is 12.7. The zero-order valence-electron chi connectivity index (χ0n) is 10.8. The topological polar surface area (TPSA) is 45.2 Å². The lowest BCUT2D eigenvalue weighted by Gasteiger charge is -2.34. The molecule has 5 heteroatoms. The predicted octanol–water partition coefficient (Wildman–Crippen LogP) is 1.84. The van der Waals surface area contributed by atoms with Gasteiger partial charge in [0, 0.05) is 36.5 Å². The van der Waals surface area contributed by atoms with E-state index in [4.69, 9.17) is 0 Å². The van der Waals surface area contributed by atoms with Gasteiger partial charge in [0.05, 0.1) is 5.01 Å². The molecular weight excluding hydrogens is 246 g/mol. The molecule has 1 aromatic rings. The lowest BCUT2D eigenvalue weighted by molar-refractivity contribution is 0.0614. The van der Waals surface area contributed by atoms with Crippen LogP contribution in [0, 0.1) is 0 Å². The van der Waals surface area contributed by atoms with Crippen molar-refractivity contribution in [2.45, 2.75) is 44.7 Å². The fourth-order valence-electron chi connectivity index (χ4n) is 2.89. The van der Waals surface area contributed by atoms with Crippen LogP contribution >= 0.6 is 11.3 Å². The summed E-state index contributed by atoms with van der Waals surface area (Å²) < 4.78 is 0. The van der Waals surface area contributed by atoms with Gasteiger partial charge in [0.1, 0.15) is 5.69 Å². The normalized spacial score (nSPS) is 26.9. The molecule has 0 aliphatic carbocycles. The van der Waals surface area contributed by atoms with Crippen LogP contribution in [0.15, 0.2) is 5.38 Å². The smallest absolute Gasteiger partial charge is 0.273 e. The molecule has 1 N–H and O–H groups in total. The number of aromatic nitrogens is 1. The Kier molecular flexibility index (Phi) is 3.11. The molecule has 0 aromatic carbocycles. The van der Waals surface area contributed by atoms with Crippen LogP contribution in [-0.4, -0.2) is 41.0 Å². The van der Waals surface area contributed by atoms with E-state index < -0.39 is 0 Å². The zero-order valence-corrected chi connectivity index (χ0v) is 11.7. The van der Waals surface area contributed by atoms with Crippen LogP contribution in [0.25, 0.3) is 0 Å². The lowest BCUT2D eigenvalue weighted by atomic mass is 10.2. The van der Waals surface area contributed by atoms with Gasteiger partial charge in [-0.2, -0.15) is 0 Å². The molecule has 2 aliphatic heterocycles. The Hall–Kier alpha value is -0.940. The van der Waals surface area contributed by atoms with Crippen LogP contribution in [0.3, 0.4) is 0 Å². The monoisotopic (exact) mass is 265 g/mol. The first-order chi connectivity index (χ1) is 8.66. The largest absolute Gasteiger partial charge is 0.329 e. The van der Waals surface area contributed by atoms with E-state index in [1.54, 1.807) is 11.3 Å². The van der Waals surface area contributed by atoms with E-state index in [9.17, 15) is 4.79 Å². The highest BCUT2D eigenvalue weighted by molar-refractivity contribution is 7.09. The molecule has 2 saturated heterocycles. The van der Waals surface area contributed by atoms with Gasteiger partial charge in [0.15, 0.2) is 0 Å². The average Bonchev–Trinajstić information content (AvgIpc) is 2.92. The molecule has 2 aliphatic rings. The maximum Gasteiger partial charge on any atom is 0.273 e. The first kappa shape index (κ1) is 12.1. The Morgan fingerprint density at radius 1 is 1.44 bits per heavy atom. The minimum atomic E-state index is 0.132. The second kappa shape index (κ2) is 4.63. The summed E-state index contributed by atoms with van der Waals surface area (Å²) in [6.45, 7) is 6.09. The number of amides is 1. The molecular formula is C13H19N3OS. The first-order valence-electron chi connectivity index (χ1n) is 6.65. The third-order valence-electron chi connectivity index (χ3n) is 3.85. The molecule has 4 nitrogen and oxygen atoms in total. The van der Waals surface area contributed by atoms with Gasteiger partial charge in [-0.15, -0.1) is 11.3 Å². The maximum absolute atomic E-state index is 12.5. The van der Waals surface area contributed by atoms with Crippen molar-refractivity contribution in [3.8, 4) is 0 Å². The molecule has 2 bridgehead atoms. The van der Waals surface area contributed by atoms with E-state index in [0.29, 0.717) is 23.7 Å². The van der Waals surface area contributed by atoms with Gasteiger partial charge in [0.25, 0.3) is 5.91 Å². The predicted molar refractivity (Wildman–Crippen MR) is 72.1 cm³/mol. The van der Waals surface area contributed by atoms with Crippen LogP contribution in [0.4, 0.5) is 0 Å². The molecule has 2 fully saturated rings. The van der Waals surface area contributed by atoms with E-state index in [1.165, 1.54) is 0 Å². The number of thiazole rings is 1. The summed E-state index contributed by atoms with van der Waals surface area (Å²) in [5.74, 6) is 0.531. The molecule has 3 rings (SSSR count). The fourth-order valence-corrected chi connectivity index (χ4v) is 3.70. The van der Waals surface area contributed by atoms with Crippen molar-refractivity contribution in [2.24, 2.45) is 0 Å². The van der Waals surface area contributed by atoms with Crippen molar-refractivity contribution >= 4 is 17.2 Å². The molecule has 18 heavy (non-hydrogen) atoms. The Bertz CT molecular complexity index is 441. The summed E-state index contributed by atoms with van der Waals surface area (Å²) in [5.41, 5.74) is 0.641. The van der Waals surface area contributed by atoms with Gasteiger partial charge in [0.2, 0.25) is 0 Å². The third-order valence-corrected chi connectivity index (χ3v) is 4.99. The minimum Gasteiger partial charge on any atom is -0.329 e. The Morgan fingerprint density at radius 3 is 2.67 bits per heavy atom. The van der Waals surface area contributed by atoms with Crippen molar-refractivity contribution in [1.29, 1.82) is 0 Å². The number of hydrogen-bond acceptors (Lipinski definition) is 4. The summed E-state index contributed by atoms with van der Waals surface area (Å²) >= 11 is 1.60. The van der Waals surface area contributed by atoms with Crippen LogP contribution in [0.1, 0.15) is 48.1 Å². The average molecular weight is 265 g/mol. The number of rotatable bonds is 2. The maximum atomic E-state index is 12.5. The molecule has 2 atom stereocenters. The van der Waals surface area contributed by atoms with Crippen molar-refractivity contribution in [2.75, 3.05) is 13.1 Å². The SMILES string of the molecule is CC(C)c1nc(C(=O)N2C3CCC2CNC3)cs1. The number of piperazine rings is 1.